The van der Waals surface area contributed by atoms with Crippen LogP contribution in [-0.2, 0) is 9.53 Å². The zero-order chi connectivity index (χ0) is 14.3. The van der Waals surface area contributed by atoms with Gasteiger partial charge in [0.15, 0.2) is 0 Å². The Bertz CT molecular complexity index is 498. The molecule has 0 aromatic carbocycles. The van der Waals surface area contributed by atoms with Gasteiger partial charge in [0.25, 0.3) is 5.91 Å². The number of H-pyrrole nitrogens is 1. The molecule has 1 unspecified atom stereocenters. The minimum atomic E-state index is -0.691. The summed E-state index contributed by atoms with van der Waals surface area (Å²) in [6.45, 7) is 2.34. The smallest absolute Gasteiger partial charge is 0.252 e. The maximum Gasteiger partial charge on any atom is 0.252 e. The number of ether oxygens (including phenoxy) is 1. The van der Waals surface area contributed by atoms with Crippen molar-refractivity contribution < 1.29 is 14.3 Å². The van der Waals surface area contributed by atoms with Gasteiger partial charge in [-0.25, -0.2) is 0 Å². The van der Waals surface area contributed by atoms with Gasteiger partial charge in [-0.1, -0.05) is 0 Å². The van der Waals surface area contributed by atoms with Crippen molar-refractivity contribution in [2.75, 3.05) is 20.3 Å². The van der Waals surface area contributed by atoms with Crippen molar-refractivity contribution in [1.82, 2.24) is 15.6 Å². The highest BCUT2D eigenvalue weighted by Crippen LogP contribution is 1.94. The van der Waals surface area contributed by atoms with E-state index >= 15 is 0 Å². The molecule has 0 bridgehead atoms. The zero-order valence-electron chi connectivity index (χ0n) is 10.9. The molecule has 0 saturated heterocycles. The number of hydrogen-bond donors (Lipinski definition) is 3. The van der Waals surface area contributed by atoms with Gasteiger partial charge in [0.1, 0.15) is 6.04 Å². The van der Waals surface area contributed by atoms with Crippen LogP contribution in [0, 0.1) is 0 Å². The van der Waals surface area contributed by atoms with Crippen LogP contribution in [-0.4, -0.2) is 43.1 Å². The lowest BCUT2D eigenvalue weighted by Crippen LogP contribution is -2.45. The molecule has 0 aliphatic heterocycles. The van der Waals surface area contributed by atoms with Gasteiger partial charge in [-0.3, -0.25) is 14.4 Å². The molecule has 0 aliphatic carbocycles. The molecule has 0 radical (unpaired) electrons. The lowest BCUT2D eigenvalue weighted by atomic mass is 10.2. The summed E-state index contributed by atoms with van der Waals surface area (Å²) in [6, 6.07) is 1.95. The quantitative estimate of drug-likeness (QED) is 0.591. The minimum Gasteiger partial charge on any atom is -0.383 e. The van der Waals surface area contributed by atoms with Crippen molar-refractivity contribution >= 4 is 11.8 Å². The van der Waals surface area contributed by atoms with E-state index in [1.54, 1.807) is 6.92 Å². The second kappa shape index (κ2) is 7.32. The molecule has 0 saturated carbocycles. The number of carbonyl (C=O) groups excluding carboxylic acids is 2. The van der Waals surface area contributed by atoms with Gasteiger partial charge >= 0.3 is 0 Å². The Morgan fingerprint density at radius 1 is 1.47 bits per heavy atom. The molecule has 3 N–H and O–H groups in total. The first-order valence-corrected chi connectivity index (χ1v) is 5.81. The second-order valence-corrected chi connectivity index (χ2v) is 3.92. The van der Waals surface area contributed by atoms with E-state index in [0.717, 1.165) is 0 Å². The molecule has 1 aromatic rings. The van der Waals surface area contributed by atoms with Crippen LogP contribution in [0.5, 0.6) is 0 Å². The number of aromatic amines is 1. The van der Waals surface area contributed by atoms with E-state index in [4.69, 9.17) is 4.74 Å². The Kier molecular flexibility index (Phi) is 5.74. The van der Waals surface area contributed by atoms with Crippen LogP contribution in [0.1, 0.15) is 17.3 Å². The topological polar surface area (TPSA) is 100 Å². The van der Waals surface area contributed by atoms with Crippen LogP contribution in [0.4, 0.5) is 0 Å². The number of pyridine rings is 1. The summed E-state index contributed by atoms with van der Waals surface area (Å²) in [5.41, 5.74) is -0.162. The van der Waals surface area contributed by atoms with Gasteiger partial charge in [-0.2, -0.15) is 0 Å². The number of nitrogens with one attached hydrogen (secondary N) is 3. The summed E-state index contributed by atoms with van der Waals surface area (Å²) in [6.07, 6.45) is 1.38. The predicted octanol–water partition coefficient (Wildman–Crippen LogP) is -0.744. The van der Waals surface area contributed by atoms with Crippen LogP contribution in [0.15, 0.2) is 23.1 Å². The van der Waals surface area contributed by atoms with Crippen LogP contribution in [0.25, 0.3) is 0 Å². The van der Waals surface area contributed by atoms with Crippen molar-refractivity contribution in [1.29, 1.82) is 0 Å². The Morgan fingerprint density at radius 2 is 2.21 bits per heavy atom. The third kappa shape index (κ3) is 4.92. The SMILES string of the molecule is COCCNC(=O)C(C)NC(=O)c1cc[nH]c(=O)c1. The highest BCUT2D eigenvalue weighted by Gasteiger charge is 2.16. The van der Waals surface area contributed by atoms with Crippen LogP contribution in [0.2, 0.25) is 0 Å². The van der Waals surface area contributed by atoms with Crippen molar-refractivity contribution in [3.8, 4) is 0 Å². The third-order valence-electron chi connectivity index (χ3n) is 2.38. The number of carbonyl (C=O) groups is 2. The molecule has 2 amide bonds. The lowest BCUT2D eigenvalue weighted by Gasteiger charge is -2.13. The average molecular weight is 267 g/mol. The Morgan fingerprint density at radius 3 is 2.84 bits per heavy atom. The van der Waals surface area contributed by atoms with Crippen molar-refractivity contribution in [2.24, 2.45) is 0 Å². The number of amides is 2. The minimum absolute atomic E-state index is 0.209. The molecule has 7 heteroatoms. The Labute approximate surface area is 110 Å². The second-order valence-electron chi connectivity index (χ2n) is 3.92. The number of rotatable bonds is 6. The molecule has 1 aromatic heterocycles. The summed E-state index contributed by atoms with van der Waals surface area (Å²) in [7, 11) is 1.53. The molecule has 1 heterocycles. The van der Waals surface area contributed by atoms with Gasteiger partial charge in [0.05, 0.1) is 6.61 Å². The normalized spacial score (nSPS) is 11.7. The fourth-order valence-electron chi connectivity index (χ4n) is 1.36. The summed E-state index contributed by atoms with van der Waals surface area (Å²) < 4.78 is 4.80. The molecule has 7 nitrogen and oxygen atoms in total. The van der Waals surface area contributed by atoms with Crippen molar-refractivity contribution in [2.45, 2.75) is 13.0 Å². The fraction of sp³-hybridized carbons (Fsp3) is 0.417. The summed E-state index contributed by atoms with van der Waals surface area (Å²) >= 11 is 0. The van der Waals surface area contributed by atoms with Gasteiger partial charge in [-0.05, 0) is 13.0 Å². The van der Waals surface area contributed by atoms with E-state index in [0.29, 0.717) is 13.2 Å². The number of hydrogen-bond acceptors (Lipinski definition) is 4. The molecule has 19 heavy (non-hydrogen) atoms. The highest BCUT2D eigenvalue weighted by molar-refractivity contribution is 5.97. The van der Waals surface area contributed by atoms with Crippen LogP contribution in [0.3, 0.4) is 0 Å². The van der Waals surface area contributed by atoms with Gasteiger partial charge in [0, 0.05) is 31.5 Å². The van der Waals surface area contributed by atoms with Crippen molar-refractivity contribution in [3.63, 3.8) is 0 Å². The first-order chi connectivity index (χ1) is 9.04. The largest absolute Gasteiger partial charge is 0.383 e. The van der Waals surface area contributed by atoms with Crippen LogP contribution < -0.4 is 16.2 Å². The van der Waals surface area contributed by atoms with E-state index < -0.39 is 11.9 Å². The Hall–Kier alpha value is -2.15. The molecule has 1 rings (SSSR count). The third-order valence-corrected chi connectivity index (χ3v) is 2.38. The summed E-state index contributed by atoms with van der Waals surface area (Å²) in [4.78, 5) is 36.8. The summed E-state index contributed by atoms with van der Waals surface area (Å²) in [5, 5.41) is 5.11. The first-order valence-electron chi connectivity index (χ1n) is 5.81. The highest BCUT2D eigenvalue weighted by atomic mass is 16.5. The molecular weight excluding hydrogens is 250 g/mol. The zero-order valence-corrected chi connectivity index (χ0v) is 10.9. The monoisotopic (exact) mass is 267 g/mol. The van der Waals surface area contributed by atoms with E-state index in [-0.39, 0.29) is 17.0 Å². The number of methoxy groups -OCH3 is 1. The molecular formula is C12H17N3O4. The van der Waals surface area contributed by atoms with E-state index in [9.17, 15) is 14.4 Å². The number of aromatic nitrogens is 1. The van der Waals surface area contributed by atoms with E-state index in [1.165, 1.54) is 25.4 Å². The molecule has 0 fully saturated rings. The maximum atomic E-state index is 11.8. The van der Waals surface area contributed by atoms with Gasteiger partial charge in [-0.15, -0.1) is 0 Å². The van der Waals surface area contributed by atoms with E-state index in [1.807, 2.05) is 0 Å². The Balaban J connectivity index is 2.52. The van der Waals surface area contributed by atoms with Crippen LogP contribution >= 0.6 is 0 Å². The summed E-state index contributed by atoms with van der Waals surface area (Å²) in [5.74, 6) is -0.782. The van der Waals surface area contributed by atoms with Crippen molar-refractivity contribution in [3.05, 3.63) is 34.2 Å². The average Bonchev–Trinajstić information content (AvgIpc) is 2.38. The van der Waals surface area contributed by atoms with E-state index in [2.05, 4.69) is 15.6 Å². The molecule has 0 aliphatic rings. The lowest BCUT2D eigenvalue weighted by molar-refractivity contribution is -0.122. The molecule has 1 atom stereocenters. The van der Waals surface area contributed by atoms with Gasteiger partial charge in [0.2, 0.25) is 11.5 Å². The predicted molar refractivity (Wildman–Crippen MR) is 68.9 cm³/mol. The maximum absolute atomic E-state index is 11.8. The fourth-order valence-corrected chi connectivity index (χ4v) is 1.36. The molecule has 104 valence electrons. The van der Waals surface area contributed by atoms with Gasteiger partial charge < -0.3 is 20.4 Å². The first kappa shape index (κ1) is 14.9. The standard InChI is InChI=1S/C12H17N3O4/c1-8(11(17)14-5-6-19-2)15-12(18)9-3-4-13-10(16)7-9/h3-4,7-8H,5-6H2,1-2H3,(H,13,16)(H,14,17)(H,15,18). The molecule has 0 spiro atoms.